The predicted molar refractivity (Wildman–Crippen MR) is 74.0 cm³/mol. The molecule has 1 aliphatic heterocycles. The van der Waals surface area contributed by atoms with Gasteiger partial charge in [0.1, 0.15) is 11.7 Å². The van der Waals surface area contributed by atoms with Crippen LogP contribution in [-0.2, 0) is 0 Å². The molecule has 114 valence electrons. The fourth-order valence-electron chi connectivity index (χ4n) is 2.03. The van der Waals surface area contributed by atoms with Crippen molar-refractivity contribution in [3.05, 3.63) is 22.3 Å². The third kappa shape index (κ3) is 3.60. The van der Waals surface area contributed by atoms with E-state index in [0.717, 1.165) is 4.90 Å². The zero-order chi connectivity index (χ0) is 15.6. The van der Waals surface area contributed by atoms with E-state index < -0.39 is 24.3 Å². The fraction of sp³-hybridized carbons (Fsp3) is 0.417. The molecule has 2 rings (SSSR count). The number of ether oxygens (including phenoxy) is 1. The van der Waals surface area contributed by atoms with Gasteiger partial charge >= 0.3 is 6.09 Å². The Labute approximate surface area is 128 Å². The maximum Gasteiger partial charge on any atom is 0.407 e. The van der Waals surface area contributed by atoms with Gasteiger partial charge in [-0.2, -0.15) is 0 Å². The Morgan fingerprint density at radius 3 is 2.86 bits per heavy atom. The first kappa shape index (κ1) is 15.5. The van der Waals surface area contributed by atoms with Gasteiger partial charge in [0.05, 0.1) is 6.54 Å². The van der Waals surface area contributed by atoms with Crippen LogP contribution in [0.2, 0.25) is 0 Å². The van der Waals surface area contributed by atoms with Crippen molar-refractivity contribution in [2.75, 3.05) is 13.1 Å². The lowest BCUT2D eigenvalue weighted by atomic mass is 10.1. The number of halogens is 2. The van der Waals surface area contributed by atoms with E-state index >= 15 is 0 Å². The average molecular weight is 362 g/mol. The van der Waals surface area contributed by atoms with E-state index in [4.69, 9.17) is 15.6 Å². The predicted octanol–water partition coefficient (Wildman–Crippen LogP) is 1.41. The van der Waals surface area contributed by atoms with Crippen LogP contribution < -0.4 is 10.5 Å². The Kier molecular flexibility index (Phi) is 4.61. The van der Waals surface area contributed by atoms with E-state index in [-0.39, 0.29) is 31.0 Å². The number of pyridine rings is 1. The van der Waals surface area contributed by atoms with Crippen LogP contribution in [0.15, 0.2) is 16.7 Å². The molecule has 1 fully saturated rings. The zero-order valence-corrected chi connectivity index (χ0v) is 12.4. The normalized spacial score (nSPS) is 21.9. The molecule has 0 spiro atoms. The molecule has 1 aromatic heterocycles. The Balaban J connectivity index is 2.12. The maximum absolute atomic E-state index is 14.0. The van der Waals surface area contributed by atoms with Crippen molar-refractivity contribution in [1.82, 2.24) is 9.88 Å². The molecule has 0 aliphatic carbocycles. The van der Waals surface area contributed by atoms with Crippen LogP contribution in [0.5, 0.6) is 5.88 Å². The summed E-state index contributed by atoms with van der Waals surface area (Å²) < 4.78 is 19.9. The molecular formula is C12H13BrFN3O4. The van der Waals surface area contributed by atoms with Gasteiger partial charge in [-0.05, 0) is 22.0 Å². The van der Waals surface area contributed by atoms with Crippen molar-refractivity contribution >= 4 is 27.9 Å². The number of hydrogen-bond donors (Lipinski definition) is 2. The number of piperidine rings is 1. The van der Waals surface area contributed by atoms with Crippen molar-refractivity contribution in [3.8, 4) is 5.88 Å². The van der Waals surface area contributed by atoms with Gasteiger partial charge in [-0.1, -0.05) is 0 Å². The first-order valence-corrected chi connectivity index (χ1v) is 6.91. The van der Waals surface area contributed by atoms with Crippen molar-refractivity contribution in [3.63, 3.8) is 0 Å². The number of hydrogen-bond acceptors (Lipinski definition) is 4. The second-order valence-electron chi connectivity index (χ2n) is 4.56. The highest BCUT2D eigenvalue weighted by atomic mass is 79.9. The van der Waals surface area contributed by atoms with Crippen LogP contribution in [0, 0.1) is 0 Å². The molecule has 0 unspecified atom stereocenters. The SMILES string of the molecule is NC(=O)c1cc(Br)cnc1O[C@H]1CCN(C(=O)O)C[C@@H]1F. The Hall–Kier alpha value is -1.90. The number of nitrogens with two attached hydrogens (primary N) is 1. The molecule has 2 heterocycles. The van der Waals surface area contributed by atoms with Crippen LogP contribution in [0.3, 0.4) is 0 Å². The lowest BCUT2D eigenvalue weighted by molar-refractivity contribution is 0.0222. The van der Waals surface area contributed by atoms with Crippen LogP contribution in [-0.4, -0.2) is 52.4 Å². The largest absolute Gasteiger partial charge is 0.471 e. The summed E-state index contributed by atoms with van der Waals surface area (Å²) in [6.07, 6.45) is -1.96. The highest BCUT2D eigenvalue weighted by Crippen LogP contribution is 2.24. The van der Waals surface area contributed by atoms with Crippen molar-refractivity contribution in [2.24, 2.45) is 5.73 Å². The molecule has 1 aromatic rings. The first-order valence-electron chi connectivity index (χ1n) is 6.12. The Morgan fingerprint density at radius 2 is 2.29 bits per heavy atom. The minimum atomic E-state index is -1.50. The molecular weight excluding hydrogens is 349 g/mol. The van der Waals surface area contributed by atoms with E-state index in [1.54, 1.807) is 0 Å². The summed E-state index contributed by atoms with van der Waals surface area (Å²) in [4.78, 5) is 27.0. The van der Waals surface area contributed by atoms with Crippen LogP contribution in [0.1, 0.15) is 16.8 Å². The van der Waals surface area contributed by atoms with E-state index in [1.807, 2.05) is 0 Å². The van der Waals surface area contributed by atoms with Gasteiger partial charge in [0.25, 0.3) is 5.91 Å². The van der Waals surface area contributed by atoms with Gasteiger partial charge in [0, 0.05) is 23.6 Å². The molecule has 3 N–H and O–H groups in total. The minimum absolute atomic E-state index is 0.0391. The van der Waals surface area contributed by atoms with Gasteiger partial charge in [0.15, 0.2) is 6.17 Å². The molecule has 0 saturated carbocycles. The minimum Gasteiger partial charge on any atom is -0.471 e. The van der Waals surface area contributed by atoms with E-state index in [9.17, 15) is 14.0 Å². The number of rotatable bonds is 3. The van der Waals surface area contributed by atoms with Crippen LogP contribution in [0.4, 0.5) is 9.18 Å². The number of likely N-dealkylation sites (tertiary alicyclic amines) is 1. The van der Waals surface area contributed by atoms with Crippen molar-refractivity contribution in [2.45, 2.75) is 18.7 Å². The Bertz CT molecular complexity index is 571. The van der Waals surface area contributed by atoms with Gasteiger partial charge in [-0.25, -0.2) is 14.2 Å². The summed E-state index contributed by atoms with van der Waals surface area (Å²) in [5, 5.41) is 8.82. The highest BCUT2D eigenvalue weighted by Gasteiger charge is 2.33. The van der Waals surface area contributed by atoms with Gasteiger partial charge in [-0.3, -0.25) is 4.79 Å². The monoisotopic (exact) mass is 361 g/mol. The topological polar surface area (TPSA) is 106 Å². The zero-order valence-electron chi connectivity index (χ0n) is 10.8. The number of primary amides is 1. The number of carbonyl (C=O) groups is 2. The standard InChI is InChI=1S/C12H13BrFN3O4/c13-6-3-7(10(15)18)11(16-4-6)21-9-1-2-17(12(19)20)5-8(9)14/h3-4,8-9H,1-2,5H2,(H2,15,18)(H,19,20)/t8-,9-/m0/s1. The van der Waals surface area contributed by atoms with Crippen LogP contribution >= 0.6 is 15.9 Å². The molecule has 1 saturated heterocycles. The van der Waals surface area contributed by atoms with Gasteiger partial charge < -0.3 is 20.5 Å². The third-order valence-corrected chi connectivity index (χ3v) is 3.53. The van der Waals surface area contributed by atoms with Crippen LogP contribution in [0.25, 0.3) is 0 Å². The van der Waals surface area contributed by atoms with Crippen molar-refractivity contribution < 1.29 is 23.8 Å². The summed E-state index contributed by atoms with van der Waals surface area (Å²) in [5.74, 6) is -0.792. The highest BCUT2D eigenvalue weighted by molar-refractivity contribution is 9.10. The second kappa shape index (κ2) is 6.25. The van der Waals surface area contributed by atoms with Gasteiger partial charge in [-0.15, -0.1) is 0 Å². The fourth-order valence-corrected chi connectivity index (χ4v) is 2.36. The lowest BCUT2D eigenvalue weighted by Crippen LogP contribution is -2.49. The molecule has 9 heteroatoms. The molecule has 0 radical (unpaired) electrons. The summed E-state index contributed by atoms with van der Waals surface area (Å²) in [6.45, 7) is -0.120. The molecule has 21 heavy (non-hydrogen) atoms. The number of carboxylic acid groups (broad SMARTS) is 1. The number of aromatic nitrogens is 1. The molecule has 1 aliphatic rings. The summed E-state index contributed by atoms with van der Waals surface area (Å²) in [5.41, 5.74) is 5.26. The van der Waals surface area contributed by atoms with E-state index in [0.29, 0.717) is 4.47 Å². The van der Waals surface area contributed by atoms with Crippen molar-refractivity contribution in [1.29, 1.82) is 0 Å². The maximum atomic E-state index is 14.0. The molecule has 2 atom stereocenters. The summed E-state index contributed by atoms with van der Waals surface area (Å²) >= 11 is 3.15. The Morgan fingerprint density at radius 1 is 1.57 bits per heavy atom. The molecule has 0 aromatic carbocycles. The first-order chi connectivity index (χ1) is 9.88. The molecule has 0 bridgehead atoms. The van der Waals surface area contributed by atoms with E-state index in [1.165, 1.54) is 12.3 Å². The number of nitrogens with zero attached hydrogens (tertiary/aromatic N) is 2. The summed E-state index contributed by atoms with van der Waals surface area (Å²) in [7, 11) is 0. The second-order valence-corrected chi connectivity index (χ2v) is 5.48. The average Bonchev–Trinajstić information content (AvgIpc) is 2.42. The molecule has 7 nitrogen and oxygen atoms in total. The molecule has 2 amide bonds. The number of alkyl halides is 1. The third-order valence-electron chi connectivity index (χ3n) is 3.10. The van der Waals surface area contributed by atoms with E-state index in [2.05, 4.69) is 20.9 Å². The number of carbonyl (C=O) groups excluding carboxylic acids is 1. The summed E-state index contributed by atoms with van der Waals surface area (Å²) in [6, 6.07) is 1.43. The lowest BCUT2D eigenvalue weighted by Gasteiger charge is -2.32. The van der Waals surface area contributed by atoms with Gasteiger partial charge in [0.2, 0.25) is 5.88 Å². The number of amides is 2. The quantitative estimate of drug-likeness (QED) is 0.846. The smallest absolute Gasteiger partial charge is 0.407 e.